The van der Waals surface area contributed by atoms with E-state index >= 15 is 0 Å². The minimum absolute atomic E-state index is 0.0988. The summed E-state index contributed by atoms with van der Waals surface area (Å²) < 4.78 is 2.37. The first-order valence-electron chi connectivity index (χ1n) is 12.8. The van der Waals surface area contributed by atoms with Crippen molar-refractivity contribution in [1.29, 1.82) is 0 Å². The fourth-order valence-corrected chi connectivity index (χ4v) is 6.16. The lowest BCUT2D eigenvalue weighted by atomic mass is 9.96. The summed E-state index contributed by atoms with van der Waals surface area (Å²) in [6.45, 7) is 12.4. The molecule has 2 aromatic carbocycles. The largest absolute Gasteiger partial charge is 0.351 e. The van der Waals surface area contributed by atoms with Crippen LogP contribution in [0.4, 0.5) is 11.4 Å². The number of pyridine rings is 1. The maximum absolute atomic E-state index is 11.5. The van der Waals surface area contributed by atoms with E-state index in [1.165, 1.54) is 46.3 Å². The first-order chi connectivity index (χ1) is 18.2. The van der Waals surface area contributed by atoms with Crippen LogP contribution in [0.25, 0.3) is 5.69 Å². The van der Waals surface area contributed by atoms with E-state index in [2.05, 4.69) is 72.9 Å². The highest BCUT2D eigenvalue weighted by atomic mass is 32.1. The highest BCUT2D eigenvalue weighted by Crippen LogP contribution is 2.44. The van der Waals surface area contributed by atoms with Gasteiger partial charge in [0, 0.05) is 35.9 Å². The minimum atomic E-state index is -0.132. The third kappa shape index (κ3) is 4.58. The number of hydrogen-bond donors (Lipinski definition) is 2. The molecule has 1 fully saturated rings. The molecule has 1 saturated heterocycles. The molecular formula is C31H33N5OS. The van der Waals surface area contributed by atoms with Gasteiger partial charge in [0.1, 0.15) is 0 Å². The van der Waals surface area contributed by atoms with E-state index < -0.39 is 0 Å². The number of amides is 1. The zero-order valence-corrected chi connectivity index (χ0v) is 23.5. The van der Waals surface area contributed by atoms with Crippen LogP contribution >= 0.6 is 12.2 Å². The topological polar surface area (TPSA) is 62.2 Å². The molecule has 2 atom stereocenters. The Hall–Kier alpha value is -3.97. The van der Waals surface area contributed by atoms with Crippen molar-refractivity contribution in [1.82, 2.24) is 14.9 Å². The van der Waals surface area contributed by atoms with Crippen molar-refractivity contribution in [3.05, 3.63) is 106 Å². The molecule has 1 amide bonds. The zero-order valence-electron chi connectivity index (χ0n) is 22.7. The van der Waals surface area contributed by atoms with Crippen molar-refractivity contribution in [2.45, 2.75) is 53.6 Å². The molecule has 2 aromatic heterocycles. The molecule has 2 N–H and O–H groups in total. The van der Waals surface area contributed by atoms with Crippen molar-refractivity contribution in [2.24, 2.45) is 0 Å². The van der Waals surface area contributed by atoms with Gasteiger partial charge in [-0.1, -0.05) is 23.8 Å². The number of rotatable bonds is 5. The van der Waals surface area contributed by atoms with Crippen LogP contribution in [0, 0.1) is 34.6 Å². The average Bonchev–Trinajstić information content (AvgIpc) is 3.35. The van der Waals surface area contributed by atoms with Crippen molar-refractivity contribution in [2.75, 3.05) is 10.2 Å². The van der Waals surface area contributed by atoms with Gasteiger partial charge in [-0.25, -0.2) is 0 Å². The fourth-order valence-electron chi connectivity index (χ4n) is 5.81. The summed E-state index contributed by atoms with van der Waals surface area (Å²) in [6, 6.07) is 20.3. The summed E-state index contributed by atoms with van der Waals surface area (Å²) in [6.07, 6.45) is 1.82. The second kappa shape index (κ2) is 10.1. The van der Waals surface area contributed by atoms with Gasteiger partial charge in [-0.3, -0.25) is 9.78 Å². The summed E-state index contributed by atoms with van der Waals surface area (Å²) in [4.78, 5) is 18.4. The molecule has 38 heavy (non-hydrogen) atoms. The van der Waals surface area contributed by atoms with Crippen LogP contribution in [0.5, 0.6) is 0 Å². The Labute approximate surface area is 229 Å². The molecule has 1 aliphatic rings. The number of thiocarbonyl (C=S) groups is 1. The summed E-state index contributed by atoms with van der Waals surface area (Å²) in [7, 11) is 0. The number of anilines is 2. The molecule has 194 valence electrons. The molecule has 0 aliphatic carbocycles. The lowest BCUT2D eigenvalue weighted by molar-refractivity contribution is -0.114. The Kier molecular flexibility index (Phi) is 6.80. The first kappa shape index (κ1) is 25.7. The minimum Gasteiger partial charge on any atom is -0.351 e. The first-order valence-corrected chi connectivity index (χ1v) is 13.2. The summed E-state index contributed by atoms with van der Waals surface area (Å²) >= 11 is 5.92. The third-order valence-corrected chi connectivity index (χ3v) is 7.53. The SMILES string of the molecule is CC(=O)Nc1ccc(N2C(=S)N[C@@H](c3ccccn3)[C@H]2c2cc(C)n(-c3c(C)cc(C)cc3C)c2C)cc1. The van der Waals surface area contributed by atoms with Crippen LogP contribution in [0.1, 0.15) is 58.3 Å². The molecule has 1 aliphatic heterocycles. The van der Waals surface area contributed by atoms with E-state index in [0.29, 0.717) is 5.11 Å². The van der Waals surface area contributed by atoms with Gasteiger partial charge >= 0.3 is 0 Å². The van der Waals surface area contributed by atoms with Gasteiger partial charge in [0.05, 0.1) is 23.5 Å². The normalized spacial score (nSPS) is 17.0. The molecule has 5 rings (SSSR count). The summed E-state index contributed by atoms with van der Waals surface area (Å²) in [5.74, 6) is -0.0988. The van der Waals surface area contributed by atoms with Crippen LogP contribution in [-0.2, 0) is 4.79 Å². The lowest BCUT2D eigenvalue weighted by Crippen LogP contribution is -2.29. The van der Waals surface area contributed by atoms with E-state index in [-0.39, 0.29) is 18.0 Å². The predicted molar refractivity (Wildman–Crippen MR) is 158 cm³/mol. The number of aryl methyl sites for hydroxylation is 4. The Morgan fingerprint density at radius 1 is 0.974 bits per heavy atom. The highest BCUT2D eigenvalue weighted by molar-refractivity contribution is 7.80. The Morgan fingerprint density at radius 2 is 1.66 bits per heavy atom. The van der Waals surface area contributed by atoms with Gasteiger partial charge in [-0.05, 0) is 106 Å². The summed E-state index contributed by atoms with van der Waals surface area (Å²) in [5, 5.41) is 7.04. The van der Waals surface area contributed by atoms with Crippen molar-refractivity contribution >= 4 is 34.6 Å². The summed E-state index contributed by atoms with van der Waals surface area (Å²) in [5.41, 5.74) is 11.2. The second-order valence-corrected chi connectivity index (χ2v) is 10.5. The Balaban J connectivity index is 1.66. The number of benzene rings is 2. The van der Waals surface area contributed by atoms with Crippen molar-refractivity contribution < 1.29 is 4.79 Å². The molecular weight excluding hydrogens is 490 g/mol. The van der Waals surface area contributed by atoms with Gasteiger partial charge in [0.15, 0.2) is 5.11 Å². The zero-order chi connectivity index (χ0) is 27.1. The van der Waals surface area contributed by atoms with Crippen LogP contribution in [0.15, 0.2) is 66.9 Å². The molecule has 0 saturated carbocycles. The number of aromatic nitrogens is 2. The van der Waals surface area contributed by atoms with E-state index in [1.807, 2.05) is 48.7 Å². The monoisotopic (exact) mass is 523 g/mol. The van der Waals surface area contributed by atoms with Gasteiger partial charge in [-0.2, -0.15) is 0 Å². The number of carbonyl (C=O) groups is 1. The van der Waals surface area contributed by atoms with Gasteiger partial charge in [0.2, 0.25) is 5.91 Å². The van der Waals surface area contributed by atoms with Crippen LogP contribution in [0.3, 0.4) is 0 Å². The maximum atomic E-state index is 11.5. The van der Waals surface area contributed by atoms with E-state index in [1.54, 1.807) is 0 Å². The van der Waals surface area contributed by atoms with E-state index in [0.717, 1.165) is 17.1 Å². The predicted octanol–water partition coefficient (Wildman–Crippen LogP) is 6.55. The number of carbonyl (C=O) groups excluding carboxylic acids is 1. The molecule has 0 spiro atoms. The molecule has 0 unspecified atom stereocenters. The quantitative estimate of drug-likeness (QED) is 0.291. The molecule has 4 aromatic rings. The number of hydrogen-bond acceptors (Lipinski definition) is 3. The number of nitrogens with zero attached hydrogens (tertiary/aromatic N) is 3. The van der Waals surface area contributed by atoms with Crippen molar-refractivity contribution in [3.8, 4) is 5.69 Å². The Morgan fingerprint density at radius 3 is 2.26 bits per heavy atom. The second-order valence-electron chi connectivity index (χ2n) is 10.1. The van der Waals surface area contributed by atoms with Gasteiger partial charge in [0.25, 0.3) is 0 Å². The third-order valence-electron chi connectivity index (χ3n) is 7.21. The van der Waals surface area contributed by atoms with Crippen LogP contribution in [0.2, 0.25) is 0 Å². The van der Waals surface area contributed by atoms with E-state index in [9.17, 15) is 4.79 Å². The molecule has 0 bridgehead atoms. The average molecular weight is 524 g/mol. The van der Waals surface area contributed by atoms with Crippen LogP contribution < -0.4 is 15.5 Å². The smallest absolute Gasteiger partial charge is 0.221 e. The van der Waals surface area contributed by atoms with E-state index in [4.69, 9.17) is 17.2 Å². The van der Waals surface area contributed by atoms with Crippen LogP contribution in [-0.4, -0.2) is 20.6 Å². The molecule has 7 heteroatoms. The van der Waals surface area contributed by atoms with Gasteiger partial charge < -0.3 is 20.1 Å². The molecule has 0 radical (unpaired) electrons. The number of nitrogens with one attached hydrogen (secondary N) is 2. The standard InChI is InChI=1S/C31H33N5OS/c1-18-15-19(2)29(20(3)16-18)35-21(4)17-26(22(35)5)30-28(27-9-7-8-14-32-27)34-31(38)36(30)25-12-10-24(11-13-25)33-23(6)37/h7-17,28,30H,1-6H3,(H,33,37)(H,34,38)/t28-,30+/m0/s1. The lowest BCUT2D eigenvalue weighted by Gasteiger charge is -2.28. The van der Waals surface area contributed by atoms with Crippen molar-refractivity contribution in [3.63, 3.8) is 0 Å². The highest BCUT2D eigenvalue weighted by Gasteiger charge is 2.42. The fraction of sp³-hybridized carbons (Fsp3) is 0.258. The Bertz CT molecular complexity index is 1500. The molecule has 6 nitrogen and oxygen atoms in total. The maximum Gasteiger partial charge on any atom is 0.221 e. The van der Waals surface area contributed by atoms with Gasteiger partial charge in [-0.15, -0.1) is 0 Å². The molecule has 3 heterocycles.